The van der Waals surface area contributed by atoms with Crippen molar-refractivity contribution in [2.24, 2.45) is 17.8 Å². The van der Waals surface area contributed by atoms with Gasteiger partial charge in [0.05, 0.1) is 7.11 Å². The smallest absolute Gasteiger partial charge is 0.406 e. The second kappa shape index (κ2) is 5.23. The van der Waals surface area contributed by atoms with Crippen LogP contribution in [0, 0.1) is 17.8 Å². The Balaban J connectivity index is 2.31. The van der Waals surface area contributed by atoms with Gasteiger partial charge >= 0.3 is 6.09 Å². The highest BCUT2D eigenvalue weighted by atomic mass is 16.5. The van der Waals surface area contributed by atoms with E-state index >= 15 is 0 Å². The van der Waals surface area contributed by atoms with Gasteiger partial charge in [0.15, 0.2) is 0 Å². The predicted octanol–water partition coefficient (Wildman–Crippen LogP) is 2.41. The average molecular weight is 199 g/mol. The summed E-state index contributed by atoms with van der Waals surface area (Å²) in [6.07, 6.45) is 3.54. The molecule has 14 heavy (non-hydrogen) atoms. The van der Waals surface area contributed by atoms with Gasteiger partial charge in [0.2, 0.25) is 0 Å². The van der Waals surface area contributed by atoms with E-state index in [4.69, 9.17) is 0 Å². The van der Waals surface area contributed by atoms with Crippen molar-refractivity contribution in [3.8, 4) is 0 Å². The number of rotatable bonds is 5. The van der Waals surface area contributed by atoms with Crippen LogP contribution >= 0.6 is 0 Å². The van der Waals surface area contributed by atoms with Crippen LogP contribution in [0.5, 0.6) is 0 Å². The molecule has 0 aromatic rings. The van der Waals surface area contributed by atoms with E-state index in [2.05, 4.69) is 23.9 Å². The molecule has 1 aliphatic rings. The lowest BCUT2D eigenvalue weighted by Gasteiger charge is -2.22. The van der Waals surface area contributed by atoms with E-state index in [-0.39, 0.29) is 6.09 Å². The normalized spacial score (nSPS) is 19.9. The predicted molar refractivity (Wildman–Crippen MR) is 56.1 cm³/mol. The molecule has 1 aliphatic carbocycles. The molecule has 1 saturated carbocycles. The Morgan fingerprint density at radius 1 is 1.57 bits per heavy atom. The summed E-state index contributed by atoms with van der Waals surface area (Å²) < 4.78 is 4.56. The number of hydrogen-bond donors (Lipinski definition) is 1. The first-order chi connectivity index (χ1) is 6.69. The van der Waals surface area contributed by atoms with Gasteiger partial charge in [-0.3, -0.25) is 0 Å². The van der Waals surface area contributed by atoms with Crippen LogP contribution in [-0.4, -0.2) is 19.7 Å². The van der Waals surface area contributed by atoms with Gasteiger partial charge in [0.1, 0.15) is 0 Å². The molecule has 1 fully saturated rings. The van der Waals surface area contributed by atoms with Gasteiger partial charge in [-0.15, -0.1) is 0 Å². The first-order valence-electron chi connectivity index (χ1n) is 5.50. The van der Waals surface area contributed by atoms with Gasteiger partial charge in [0.25, 0.3) is 0 Å². The second-order valence-electron chi connectivity index (χ2n) is 4.26. The largest absolute Gasteiger partial charge is 0.453 e. The van der Waals surface area contributed by atoms with Crippen molar-refractivity contribution in [1.29, 1.82) is 0 Å². The molecule has 0 bridgehead atoms. The first-order valence-corrected chi connectivity index (χ1v) is 5.50. The molecule has 1 amide bonds. The Hall–Kier alpha value is -0.730. The van der Waals surface area contributed by atoms with Crippen molar-refractivity contribution in [2.75, 3.05) is 13.7 Å². The lowest BCUT2D eigenvalue weighted by atomic mass is 9.87. The van der Waals surface area contributed by atoms with E-state index in [0.29, 0.717) is 11.8 Å². The van der Waals surface area contributed by atoms with E-state index in [1.54, 1.807) is 0 Å². The molecule has 0 spiro atoms. The second-order valence-corrected chi connectivity index (χ2v) is 4.26. The third kappa shape index (κ3) is 3.20. The molecule has 0 heterocycles. The van der Waals surface area contributed by atoms with Crippen LogP contribution in [0.15, 0.2) is 0 Å². The molecule has 0 aliphatic heterocycles. The highest BCUT2D eigenvalue weighted by Crippen LogP contribution is 2.40. The Morgan fingerprint density at radius 3 is 2.64 bits per heavy atom. The van der Waals surface area contributed by atoms with E-state index in [9.17, 15) is 4.79 Å². The molecule has 1 rings (SSSR count). The van der Waals surface area contributed by atoms with Crippen molar-refractivity contribution in [2.45, 2.75) is 33.1 Å². The third-order valence-corrected chi connectivity index (χ3v) is 3.27. The van der Waals surface area contributed by atoms with Gasteiger partial charge in [0, 0.05) is 6.54 Å². The van der Waals surface area contributed by atoms with Crippen molar-refractivity contribution in [3.05, 3.63) is 0 Å². The zero-order valence-electron chi connectivity index (χ0n) is 9.38. The summed E-state index contributed by atoms with van der Waals surface area (Å²) in [4.78, 5) is 10.9. The summed E-state index contributed by atoms with van der Waals surface area (Å²) in [5, 5.41) is 2.81. The fourth-order valence-corrected chi connectivity index (χ4v) is 1.93. The van der Waals surface area contributed by atoms with E-state index in [1.807, 2.05) is 0 Å². The molecule has 0 aromatic carbocycles. The molecule has 0 radical (unpaired) electrons. The molecule has 2 unspecified atom stereocenters. The van der Waals surface area contributed by atoms with Crippen LogP contribution in [0.25, 0.3) is 0 Å². The molecular formula is C11H21NO2. The highest BCUT2D eigenvalue weighted by Gasteiger charge is 2.34. The molecule has 3 heteroatoms. The molecule has 2 atom stereocenters. The third-order valence-electron chi connectivity index (χ3n) is 3.27. The van der Waals surface area contributed by atoms with E-state index < -0.39 is 0 Å². The topological polar surface area (TPSA) is 38.3 Å². The fourth-order valence-electron chi connectivity index (χ4n) is 1.93. The summed E-state index contributed by atoms with van der Waals surface area (Å²) in [6.45, 7) is 5.24. The van der Waals surface area contributed by atoms with E-state index in [0.717, 1.165) is 12.5 Å². The maximum absolute atomic E-state index is 10.9. The van der Waals surface area contributed by atoms with Crippen LogP contribution in [0.2, 0.25) is 0 Å². The standard InChI is InChI=1S/C11H21NO2/c1-4-8(2)10(9-5-6-9)7-12-11(13)14-3/h8-10H,4-7H2,1-3H3,(H,12,13). The molecule has 3 nitrogen and oxygen atoms in total. The Kier molecular flexibility index (Phi) is 4.23. The van der Waals surface area contributed by atoms with Gasteiger partial charge in [-0.25, -0.2) is 4.79 Å². The Morgan fingerprint density at radius 2 is 2.21 bits per heavy atom. The summed E-state index contributed by atoms with van der Waals surface area (Å²) in [6, 6.07) is 0. The number of hydrogen-bond acceptors (Lipinski definition) is 2. The number of carbonyl (C=O) groups is 1. The summed E-state index contributed by atoms with van der Waals surface area (Å²) in [5.74, 6) is 2.17. The molecule has 0 aromatic heterocycles. The summed E-state index contributed by atoms with van der Waals surface area (Å²) >= 11 is 0. The maximum atomic E-state index is 10.9. The maximum Gasteiger partial charge on any atom is 0.406 e. The molecule has 82 valence electrons. The van der Waals surface area contributed by atoms with Crippen molar-refractivity contribution < 1.29 is 9.53 Å². The molecule has 1 N–H and O–H groups in total. The van der Waals surface area contributed by atoms with Gasteiger partial charge in [-0.1, -0.05) is 20.3 Å². The first kappa shape index (κ1) is 11.3. The average Bonchev–Trinajstić information content (AvgIpc) is 3.01. The summed E-state index contributed by atoms with van der Waals surface area (Å²) in [5.41, 5.74) is 0. The minimum atomic E-state index is -0.307. The van der Waals surface area contributed by atoms with Gasteiger partial charge < -0.3 is 10.1 Å². The highest BCUT2D eigenvalue weighted by molar-refractivity contribution is 5.66. The quantitative estimate of drug-likeness (QED) is 0.738. The number of alkyl carbamates (subject to hydrolysis) is 1. The van der Waals surface area contributed by atoms with Crippen molar-refractivity contribution in [3.63, 3.8) is 0 Å². The Bertz CT molecular complexity index is 190. The van der Waals surface area contributed by atoms with Crippen LogP contribution in [-0.2, 0) is 4.74 Å². The number of amides is 1. The number of ether oxygens (including phenoxy) is 1. The zero-order valence-corrected chi connectivity index (χ0v) is 9.38. The van der Waals surface area contributed by atoms with Crippen LogP contribution in [0.1, 0.15) is 33.1 Å². The number of carbonyl (C=O) groups excluding carboxylic acids is 1. The lowest BCUT2D eigenvalue weighted by Crippen LogP contribution is -2.32. The number of nitrogens with one attached hydrogen (secondary N) is 1. The minimum Gasteiger partial charge on any atom is -0.453 e. The van der Waals surface area contributed by atoms with Gasteiger partial charge in [-0.2, -0.15) is 0 Å². The number of methoxy groups -OCH3 is 1. The fraction of sp³-hybridized carbons (Fsp3) is 0.909. The monoisotopic (exact) mass is 199 g/mol. The Labute approximate surface area is 86.2 Å². The van der Waals surface area contributed by atoms with Crippen LogP contribution in [0.3, 0.4) is 0 Å². The minimum absolute atomic E-state index is 0.307. The summed E-state index contributed by atoms with van der Waals surface area (Å²) in [7, 11) is 1.41. The van der Waals surface area contributed by atoms with Crippen LogP contribution in [0.4, 0.5) is 4.79 Å². The van der Waals surface area contributed by atoms with Crippen molar-refractivity contribution in [1.82, 2.24) is 5.32 Å². The zero-order chi connectivity index (χ0) is 10.6. The van der Waals surface area contributed by atoms with Crippen molar-refractivity contribution >= 4 is 6.09 Å². The molecular weight excluding hydrogens is 178 g/mol. The van der Waals surface area contributed by atoms with E-state index in [1.165, 1.54) is 26.4 Å². The SMILES string of the molecule is CCC(C)C(CNC(=O)OC)C1CC1. The van der Waals surface area contributed by atoms with Crippen LogP contribution < -0.4 is 5.32 Å². The molecule has 0 saturated heterocycles. The lowest BCUT2D eigenvalue weighted by molar-refractivity contribution is 0.165. The van der Waals surface area contributed by atoms with Gasteiger partial charge in [-0.05, 0) is 30.6 Å².